The number of benzene rings is 1. The number of anilines is 1. The van der Waals surface area contributed by atoms with Gasteiger partial charge >= 0.3 is 0 Å². The number of halogens is 1. The molecule has 1 heterocycles. The average Bonchev–Trinajstić information content (AvgIpc) is 3.20. The van der Waals surface area contributed by atoms with Crippen LogP contribution in [0.25, 0.3) is 0 Å². The average molecular weight is 308 g/mol. The second-order valence-corrected chi connectivity index (χ2v) is 5.43. The normalized spacial score (nSPS) is 14.0. The van der Waals surface area contributed by atoms with E-state index in [0.29, 0.717) is 34.6 Å². The summed E-state index contributed by atoms with van der Waals surface area (Å²) in [5.74, 6) is 0.932. The van der Waals surface area contributed by atoms with Crippen molar-refractivity contribution < 1.29 is 14.2 Å². The van der Waals surface area contributed by atoms with Crippen LogP contribution in [0.5, 0.6) is 5.75 Å². The van der Waals surface area contributed by atoms with Crippen LogP contribution in [0.2, 0.25) is 5.02 Å². The van der Waals surface area contributed by atoms with Crippen molar-refractivity contribution in [3.63, 3.8) is 0 Å². The zero-order valence-corrected chi connectivity index (χ0v) is 12.2. The predicted octanol–water partition coefficient (Wildman–Crippen LogP) is 3.07. The van der Waals surface area contributed by atoms with Crippen LogP contribution in [0.4, 0.5) is 5.82 Å². The highest BCUT2D eigenvalue weighted by molar-refractivity contribution is 6.34. The molecule has 1 aliphatic rings. The third-order valence-corrected chi connectivity index (χ3v) is 3.57. The van der Waals surface area contributed by atoms with E-state index in [1.807, 2.05) is 0 Å². The summed E-state index contributed by atoms with van der Waals surface area (Å²) in [5.41, 5.74) is 0.790. The van der Waals surface area contributed by atoms with E-state index in [-0.39, 0.29) is 5.82 Å². The van der Waals surface area contributed by atoms with Gasteiger partial charge in [-0.15, -0.1) is 0 Å². The molecule has 1 aromatic carbocycles. The maximum Gasteiger partial charge on any atom is 0.262 e. The van der Waals surface area contributed by atoms with Gasteiger partial charge in [0.1, 0.15) is 17.0 Å². The first-order valence-corrected chi connectivity index (χ1v) is 7.04. The molecule has 1 N–H and O–H groups in total. The molecule has 0 aliphatic heterocycles. The molecule has 0 unspecified atom stereocenters. The Morgan fingerprint density at radius 3 is 2.95 bits per heavy atom. The second-order valence-electron chi connectivity index (χ2n) is 5.02. The van der Waals surface area contributed by atoms with Crippen LogP contribution in [0.3, 0.4) is 0 Å². The van der Waals surface area contributed by atoms with Gasteiger partial charge in [-0.2, -0.15) is 0 Å². The SMILES string of the molecule is Cc1nonc1NC(=O)c1c(Cl)cccc1OCC1CC1. The molecule has 2 aromatic rings. The van der Waals surface area contributed by atoms with Gasteiger partial charge in [-0.3, -0.25) is 4.79 Å². The van der Waals surface area contributed by atoms with Gasteiger partial charge in [0.2, 0.25) is 5.82 Å². The molecule has 6 nitrogen and oxygen atoms in total. The standard InChI is InChI=1S/C14H14ClN3O3/c1-8-13(18-21-17-8)16-14(19)12-10(15)3-2-4-11(12)20-7-9-5-6-9/h2-4,9H,5-7H2,1H3,(H,16,18,19). The Morgan fingerprint density at radius 1 is 1.48 bits per heavy atom. The summed E-state index contributed by atoms with van der Waals surface area (Å²) in [5, 5.41) is 10.2. The molecule has 1 fully saturated rings. The number of carbonyl (C=O) groups is 1. The Hall–Kier alpha value is -2.08. The molecule has 0 radical (unpaired) electrons. The van der Waals surface area contributed by atoms with Gasteiger partial charge in [0.05, 0.1) is 11.6 Å². The Labute approximate surface area is 126 Å². The van der Waals surface area contributed by atoms with Crippen molar-refractivity contribution in [1.29, 1.82) is 0 Å². The van der Waals surface area contributed by atoms with E-state index >= 15 is 0 Å². The van der Waals surface area contributed by atoms with Crippen molar-refractivity contribution in [1.82, 2.24) is 10.3 Å². The molecule has 3 rings (SSSR count). The number of ether oxygens (including phenoxy) is 1. The number of amides is 1. The van der Waals surface area contributed by atoms with Crippen molar-refractivity contribution in [2.24, 2.45) is 5.92 Å². The molecule has 1 aliphatic carbocycles. The van der Waals surface area contributed by atoms with Crippen LogP contribution in [0.15, 0.2) is 22.8 Å². The summed E-state index contributed by atoms with van der Waals surface area (Å²) < 4.78 is 10.3. The van der Waals surface area contributed by atoms with Crippen LogP contribution in [-0.2, 0) is 0 Å². The molecule has 0 saturated heterocycles. The minimum absolute atomic E-state index is 0.271. The molecule has 0 spiro atoms. The highest BCUT2D eigenvalue weighted by Gasteiger charge is 2.24. The Bertz CT molecular complexity index is 667. The molecule has 1 amide bonds. The van der Waals surface area contributed by atoms with E-state index in [1.165, 1.54) is 12.8 Å². The molecule has 7 heteroatoms. The molecule has 110 valence electrons. The van der Waals surface area contributed by atoms with E-state index in [0.717, 1.165) is 0 Å². The van der Waals surface area contributed by atoms with Crippen LogP contribution in [0, 0.1) is 12.8 Å². The summed E-state index contributed by atoms with van der Waals surface area (Å²) in [6.07, 6.45) is 2.35. The number of aryl methyl sites for hydroxylation is 1. The fourth-order valence-electron chi connectivity index (χ4n) is 1.85. The lowest BCUT2D eigenvalue weighted by molar-refractivity contribution is 0.102. The molecule has 0 atom stereocenters. The fraction of sp³-hybridized carbons (Fsp3) is 0.357. The number of nitrogens with one attached hydrogen (secondary N) is 1. The third-order valence-electron chi connectivity index (χ3n) is 3.26. The number of rotatable bonds is 5. The maximum absolute atomic E-state index is 12.4. The van der Waals surface area contributed by atoms with Crippen molar-refractivity contribution >= 4 is 23.3 Å². The summed E-state index contributed by atoms with van der Waals surface area (Å²) in [4.78, 5) is 12.4. The summed E-state index contributed by atoms with van der Waals surface area (Å²) in [7, 11) is 0. The van der Waals surface area contributed by atoms with Gasteiger partial charge in [-0.05, 0) is 43.0 Å². The second kappa shape index (κ2) is 5.73. The van der Waals surface area contributed by atoms with Crippen LogP contribution in [-0.4, -0.2) is 22.8 Å². The van der Waals surface area contributed by atoms with Crippen LogP contribution < -0.4 is 10.1 Å². The maximum atomic E-state index is 12.4. The van der Waals surface area contributed by atoms with E-state index in [9.17, 15) is 4.79 Å². The number of aromatic nitrogens is 2. The van der Waals surface area contributed by atoms with E-state index < -0.39 is 5.91 Å². The van der Waals surface area contributed by atoms with E-state index in [1.54, 1.807) is 25.1 Å². The minimum Gasteiger partial charge on any atom is -0.492 e. The summed E-state index contributed by atoms with van der Waals surface area (Å²) in [6.45, 7) is 2.29. The van der Waals surface area contributed by atoms with Crippen molar-refractivity contribution in [2.45, 2.75) is 19.8 Å². The molecular formula is C14H14ClN3O3. The van der Waals surface area contributed by atoms with Gasteiger partial charge in [-0.25, -0.2) is 4.63 Å². The van der Waals surface area contributed by atoms with Gasteiger partial charge in [-0.1, -0.05) is 22.8 Å². The first-order valence-electron chi connectivity index (χ1n) is 6.67. The van der Waals surface area contributed by atoms with Gasteiger partial charge in [0.15, 0.2) is 0 Å². The molecule has 21 heavy (non-hydrogen) atoms. The van der Waals surface area contributed by atoms with Gasteiger partial charge in [0, 0.05) is 0 Å². The predicted molar refractivity (Wildman–Crippen MR) is 76.7 cm³/mol. The fourth-order valence-corrected chi connectivity index (χ4v) is 2.10. The van der Waals surface area contributed by atoms with Crippen molar-refractivity contribution in [3.05, 3.63) is 34.5 Å². The number of carbonyl (C=O) groups excluding carboxylic acids is 1. The zero-order chi connectivity index (χ0) is 14.8. The highest BCUT2D eigenvalue weighted by Crippen LogP contribution is 2.32. The van der Waals surface area contributed by atoms with E-state index in [4.69, 9.17) is 16.3 Å². The molecular weight excluding hydrogens is 294 g/mol. The number of nitrogens with zero attached hydrogens (tertiary/aromatic N) is 2. The molecule has 0 bridgehead atoms. The summed E-state index contributed by atoms with van der Waals surface area (Å²) in [6, 6.07) is 5.13. The van der Waals surface area contributed by atoms with Crippen molar-refractivity contribution in [2.75, 3.05) is 11.9 Å². The van der Waals surface area contributed by atoms with Gasteiger partial charge < -0.3 is 10.1 Å². The first kappa shape index (κ1) is 13.9. The largest absolute Gasteiger partial charge is 0.492 e. The topological polar surface area (TPSA) is 77.3 Å². The lowest BCUT2D eigenvalue weighted by Crippen LogP contribution is -2.15. The van der Waals surface area contributed by atoms with Crippen molar-refractivity contribution in [3.8, 4) is 5.75 Å². The quantitative estimate of drug-likeness (QED) is 0.918. The van der Waals surface area contributed by atoms with Gasteiger partial charge in [0.25, 0.3) is 5.91 Å². The number of hydrogen-bond acceptors (Lipinski definition) is 5. The van der Waals surface area contributed by atoms with Crippen LogP contribution in [0.1, 0.15) is 28.9 Å². The Kier molecular flexibility index (Phi) is 3.79. The number of hydrogen-bond donors (Lipinski definition) is 1. The molecule has 1 saturated carbocycles. The molecule has 1 aromatic heterocycles. The smallest absolute Gasteiger partial charge is 0.262 e. The Balaban J connectivity index is 1.81. The Morgan fingerprint density at radius 2 is 2.29 bits per heavy atom. The first-order chi connectivity index (χ1) is 10.1. The summed E-state index contributed by atoms with van der Waals surface area (Å²) >= 11 is 6.13. The lowest BCUT2D eigenvalue weighted by atomic mass is 10.2. The highest BCUT2D eigenvalue weighted by atomic mass is 35.5. The zero-order valence-electron chi connectivity index (χ0n) is 11.4. The van der Waals surface area contributed by atoms with E-state index in [2.05, 4.69) is 20.3 Å². The minimum atomic E-state index is -0.398. The third kappa shape index (κ3) is 3.16. The lowest BCUT2D eigenvalue weighted by Gasteiger charge is -2.12. The van der Waals surface area contributed by atoms with Crippen LogP contribution >= 0.6 is 11.6 Å². The monoisotopic (exact) mass is 307 g/mol.